The van der Waals surface area contributed by atoms with Gasteiger partial charge in [0.05, 0.1) is 12.8 Å². The molecular formula is C19H20ClN3O5S2. The van der Waals surface area contributed by atoms with Crippen LogP contribution in [0.15, 0.2) is 39.1 Å². The zero-order chi connectivity index (χ0) is 22.2. The van der Waals surface area contributed by atoms with Crippen molar-refractivity contribution < 1.29 is 22.5 Å². The van der Waals surface area contributed by atoms with Gasteiger partial charge >= 0.3 is 0 Å². The van der Waals surface area contributed by atoms with Crippen LogP contribution in [0.2, 0.25) is 5.02 Å². The largest absolute Gasteiger partial charge is 0.497 e. The Kier molecular flexibility index (Phi) is 6.23. The van der Waals surface area contributed by atoms with Crippen molar-refractivity contribution in [3.05, 3.63) is 50.8 Å². The molecule has 0 unspecified atom stereocenters. The van der Waals surface area contributed by atoms with Crippen LogP contribution >= 0.6 is 22.9 Å². The van der Waals surface area contributed by atoms with Gasteiger partial charge in [0.25, 0.3) is 11.8 Å². The Morgan fingerprint density at radius 2 is 2.03 bits per heavy atom. The van der Waals surface area contributed by atoms with Gasteiger partial charge in [0.15, 0.2) is 0 Å². The number of primary sulfonamides is 1. The molecule has 8 nitrogen and oxygen atoms in total. The van der Waals surface area contributed by atoms with Crippen LogP contribution in [-0.4, -0.2) is 26.6 Å². The van der Waals surface area contributed by atoms with E-state index in [0.717, 1.165) is 16.9 Å². The summed E-state index contributed by atoms with van der Waals surface area (Å²) in [5.74, 6) is -0.0653. The average molecular weight is 470 g/mol. The van der Waals surface area contributed by atoms with Crippen LogP contribution in [0.1, 0.15) is 40.7 Å². The minimum atomic E-state index is -4.11. The molecule has 0 fully saturated rings. The van der Waals surface area contributed by atoms with E-state index < -0.39 is 15.9 Å². The van der Waals surface area contributed by atoms with E-state index in [4.69, 9.17) is 26.0 Å². The summed E-state index contributed by atoms with van der Waals surface area (Å²) in [6, 6.07) is 6.46. The lowest BCUT2D eigenvalue weighted by Crippen LogP contribution is -2.28. The van der Waals surface area contributed by atoms with Gasteiger partial charge in [0, 0.05) is 0 Å². The maximum Gasteiger partial charge on any atom is 0.276 e. The van der Waals surface area contributed by atoms with Crippen molar-refractivity contribution in [2.45, 2.75) is 31.6 Å². The van der Waals surface area contributed by atoms with Gasteiger partial charge in [-0.15, -0.1) is 11.3 Å². The minimum Gasteiger partial charge on any atom is -0.497 e. The molecule has 0 radical (unpaired) electrons. The van der Waals surface area contributed by atoms with E-state index in [1.807, 2.05) is 13.8 Å². The summed E-state index contributed by atoms with van der Waals surface area (Å²) in [5, 5.41) is 10.8. The molecule has 0 aliphatic heterocycles. The van der Waals surface area contributed by atoms with Crippen LogP contribution in [0.4, 0.5) is 11.6 Å². The smallest absolute Gasteiger partial charge is 0.276 e. The molecule has 3 rings (SSSR count). The first kappa shape index (κ1) is 22.3. The molecule has 11 heteroatoms. The Morgan fingerprint density at radius 3 is 2.57 bits per heavy atom. The standard InChI is InChI=1S/C19H20ClN3O5S2/c1-10(2)13-9-12(27-4)5-6-14(13)23(19-16(20)11(3)22-28-19)18(24)17-15(7-8-29-17)30(21,25)26/h5-10H,1-4H3,(H2,21,25,26). The van der Waals surface area contributed by atoms with Gasteiger partial charge in [0.1, 0.15) is 26.2 Å². The van der Waals surface area contributed by atoms with Crippen molar-refractivity contribution in [3.8, 4) is 5.75 Å². The molecule has 0 bridgehead atoms. The van der Waals surface area contributed by atoms with Gasteiger partial charge in [-0.2, -0.15) is 0 Å². The first-order valence-corrected chi connectivity index (χ1v) is 11.6. The lowest BCUT2D eigenvalue weighted by Gasteiger charge is -2.24. The van der Waals surface area contributed by atoms with E-state index in [2.05, 4.69) is 5.16 Å². The molecular weight excluding hydrogens is 450 g/mol. The number of rotatable bonds is 6. The number of benzene rings is 1. The van der Waals surface area contributed by atoms with Crippen molar-refractivity contribution in [2.24, 2.45) is 5.14 Å². The predicted molar refractivity (Wildman–Crippen MR) is 115 cm³/mol. The monoisotopic (exact) mass is 469 g/mol. The molecule has 1 amide bonds. The molecule has 1 aromatic carbocycles. The number of aromatic nitrogens is 1. The number of methoxy groups -OCH3 is 1. The second-order valence-corrected chi connectivity index (χ2v) is 9.59. The quantitative estimate of drug-likeness (QED) is 0.569. The molecule has 0 aliphatic rings. The molecule has 0 atom stereocenters. The fourth-order valence-corrected chi connectivity index (χ4v) is 4.95. The maximum absolute atomic E-state index is 13.6. The Balaban J connectivity index is 2.28. The van der Waals surface area contributed by atoms with E-state index in [9.17, 15) is 13.2 Å². The second-order valence-electron chi connectivity index (χ2n) is 6.77. The Bertz CT molecular complexity index is 1200. The van der Waals surface area contributed by atoms with E-state index in [0.29, 0.717) is 17.1 Å². The number of thiophene rings is 1. The van der Waals surface area contributed by atoms with Crippen molar-refractivity contribution in [1.29, 1.82) is 0 Å². The van der Waals surface area contributed by atoms with Crippen LogP contribution < -0.4 is 14.8 Å². The fraction of sp³-hybridized carbons (Fsp3) is 0.263. The highest BCUT2D eigenvalue weighted by Crippen LogP contribution is 2.41. The number of carbonyl (C=O) groups excluding carboxylic acids is 1. The molecule has 0 aliphatic carbocycles. The molecule has 0 saturated carbocycles. The van der Waals surface area contributed by atoms with Gasteiger partial charge in [-0.1, -0.05) is 30.6 Å². The number of aryl methyl sites for hydroxylation is 1. The number of sulfonamides is 1. The Morgan fingerprint density at radius 1 is 1.33 bits per heavy atom. The highest BCUT2D eigenvalue weighted by atomic mass is 35.5. The second kappa shape index (κ2) is 8.38. The van der Waals surface area contributed by atoms with E-state index in [1.54, 1.807) is 32.2 Å². The summed E-state index contributed by atoms with van der Waals surface area (Å²) in [5.41, 5.74) is 1.62. The average Bonchev–Trinajstić information content (AvgIpc) is 3.31. The number of nitrogens with two attached hydrogens (primary N) is 1. The topological polar surface area (TPSA) is 116 Å². The van der Waals surface area contributed by atoms with Crippen LogP contribution in [0.25, 0.3) is 0 Å². The molecule has 2 aromatic heterocycles. The Hall–Kier alpha value is -2.40. The van der Waals surface area contributed by atoms with Gasteiger partial charge in [-0.3, -0.25) is 4.79 Å². The minimum absolute atomic E-state index is 0.00533. The third kappa shape index (κ3) is 4.08. The van der Waals surface area contributed by atoms with Crippen molar-refractivity contribution in [3.63, 3.8) is 0 Å². The molecule has 0 saturated heterocycles. The van der Waals surface area contributed by atoms with Crippen LogP contribution in [0.5, 0.6) is 5.75 Å². The number of hydrogen-bond donors (Lipinski definition) is 1. The number of ether oxygens (including phenoxy) is 1. The molecule has 3 aromatic rings. The van der Waals surface area contributed by atoms with Crippen LogP contribution in [0, 0.1) is 6.92 Å². The van der Waals surface area contributed by atoms with Gasteiger partial charge in [-0.05, 0) is 48.1 Å². The van der Waals surface area contributed by atoms with E-state index in [1.165, 1.54) is 16.3 Å². The first-order valence-electron chi connectivity index (χ1n) is 8.80. The molecule has 30 heavy (non-hydrogen) atoms. The summed E-state index contributed by atoms with van der Waals surface area (Å²) in [6.45, 7) is 5.54. The number of hydrogen-bond acceptors (Lipinski definition) is 7. The predicted octanol–water partition coefficient (Wildman–Crippen LogP) is 4.46. The third-order valence-corrected chi connectivity index (χ3v) is 6.83. The van der Waals surface area contributed by atoms with Crippen molar-refractivity contribution in [1.82, 2.24) is 5.16 Å². The van der Waals surface area contributed by atoms with Gasteiger partial charge in [0.2, 0.25) is 10.0 Å². The normalized spacial score (nSPS) is 11.7. The number of amides is 1. The summed E-state index contributed by atoms with van der Waals surface area (Å²) in [7, 11) is -2.57. The van der Waals surface area contributed by atoms with Crippen molar-refractivity contribution >= 4 is 50.4 Å². The zero-order valence-electron chi connectivity index (χ0n) is 16.7. The van der Waals surface area contributed by atoms with Crippen LogP contribution in [0.3, 0.4) is 0 Å². The number of carbonyl (C=O) groups is 1. The first-order chi connectivity index (χ1) is 14.1. The molecule has 2 heterocycles. The zero-order valence-corrected chi connectivity index (χ0v) is 19.1. The van der Waals surface area contributed by atoms with E-state index in [-0.39, 0.29) is 26.6 Å². The van der Waals surface area contributed by atoms with Gasteiger partial charge < -0.3 is 9.26 Å². The number of nitrogens with zero attached hydrogens (tertiary/aromatic N) is 2. The lowest BCUT2D eigenvalue weighted by atomic mass is 9.99. The van der Waals surface area contributed by atoms with Gasteiger partial charge in [-0.25, -0.2) is 18.5 Å². The van der Waals surface area contributed by atoms with Crippen LogP contribution in [-0.2, 0) is 10.0 Å². The van der Waals surface area contributed by atoms with Crippen molar-refractivity contribution in [2.75, 3.05) is 12.0 Å². The maximum atomic E-state index is 13.6. The SMILES string of the molecule is COc1ccc(N(C(=O)c2sccc2S(N)(=O)=O)c2onc(C)c2Cl)c(C(C)C)c1. The summed E-state index contributed by atoms with van der Waals surface area (Å²) in [4.78, 5) is 14.5. The highest BCUT2D eigenvalue weighted by Gasteiger charge is 2.33. The lowest BCUT2D eigenvalue weighted by molar-refractivity contribution is 0.0995. The molecule has 160 valence electrons. The number of anilines is 2. The molecule has 0 spiro atoms. The summed E-state index contributed by atoms with van der Waals surface area (Å²) in [6.07, 6.45) is 0. The summed E-state index contributed by atoms with van der Waals surface area (Å²) >= 11 is 7.32. The third-order valence-electron chi connectivity index (χ3n) is 4.41. The fourth-order valence-electron chi connectivity index (χ4n) is 2.90. The Labute approximate surface area is 183 Å². The highest BCUT2D eigenvalue weighted by molar-refractivity contribution is 7.89. The summed E-state index contributed by atoms with van der Waals surface area (Å²) < 4.78 is 34.6. The number of halogens is 1. The van der Waals surface area contributed by atoms with E-state index >= 15 is 0 Å². The molecule has 2 N–H and O–H groups in total.